The molecule has 1 N–H and O–H groups in total. The Kier molecular flexibility index (Phi) is 4.75. The lowest BCUT2D eigenvalue weighted by Gasteiger charge is -2.28. The van der Waals surface area contributed by atoms with Gasteiger partial charge in [-0.1, -0.05) is 19.1 Å². The summed E-state index contributed by atoms with van der Waals surface area (Å²) in [6.45, 7) is 6.15. The molecule has 0 fully saturated rings. The van der Waals surface area contributed by atoms with Crippen molar-refractivity contribution in [3.05, 3.63) is 29.8 Å². The zero-order valence-electron chi connectivity index (χ0n) is 12.0. The quantitative estimate of drug-likeness (QED) is 0.867. The molecule has 1 rings (SSSR count). The van der Waals surface area contributed by atoms with Gasteiger partial charge in [0.05, 0.1) is 6.07 Å². The van der Waals surface area contributed by atoms with Gasteiger partial charge in [0.25, 0.3) is 0 Å². The Morgan fingerprint density at radius 2 is 1.89 bits per heavy atom. The molecule has 1 aromatic carbocycles. The lowest BCUT2D eigenvalue weighted by Crippen LogP contribution is -2.43. The van der Waals surface area contributed by atoms with E-state index in [-0.39, 0.29) is 0 Å². The van der Waals surface area contributed by atoms with Crippen molar-refractivity contribution in [3.63, 3.8) is 0 Å². The molecule has 2 unspecified atom stereocenters. The molecule has 0 saturated heterocycles. The van der Waals surface area contributed by atoms with Crippen molar-refractivity contribution in [3.8, 4) is 6.07 Å². The molecule has 0 aromatic heterocycles. The van der Waals surface area contributed by atoms with E-state index in [0.29, 0.717) is 6.04 Å². The molecule has 0 aliphatic carbocycles. The number of benzene rings is 1. The number of nitrogens with one attached hydrogen (secondary N) is 1. The normalized spacial score (nSPS) is 15.6. The second-order valence-corrected chi connectivity index (χ2v) is 5.13. The van der Waals surface area contributed by atoms with Crippen LogP contribution in [0.25, 0.3) is 0 Å². The molecule has 1 aromatic rings. The summed E-state index contributed by atoms with van der Waals surface area (Å²) < 4.78 is 0. The monoisotopic (exact) mass is 245 g/mol. The number of hydrogen-bond donors (Lipinski definition) is 1. The molecule has 0 radical (unpaired) electrons. The van der Waals surface area contributed by atoms with Crippen LogP contribution in [0.3, 0.4) is 0 Å². The standard InChI is InChI=1S/C15H23N3/c1-6-12(2)17-15(3,11-16)13-7-9-14(10-8-13)18(4)5/h7-10,12,17H,6H2,1-5H3. The van der Waals surface area contributed by atoms with E-state index in [4.69, 9.17) is 0 Å². The van der Waals surface area contributed by atoms with Crippen LogP contribution in [0.4, 0.5) is 5.69 Å². The van der Waals surface area contributed by atoms with Crippen molar-refractivity contribution in [1.82, 2.24) is 5.32 Å². The number of hydrogen-bond acceptors (Lipinski definition) is 3. The third kappa shape index (κ3) is 3.24. The van der Waals surface area contributed by atoms with Crippen molar-refractivity contribution in [1.29, 1.82) is 5.26 Å². The fourth-order valence-electron chi connectivity index (χ4n) is 1.87. The number of nitrogens with zero attached hydrogens (tertiary/aromatic N) is 2. The molecule has 0 bridgehead atoms. The van der Waals surface area contributed by atoms with E-state index in [2.05, 4.69) is 30.1 Å². The number of anilines is 1. The van der Waals surface area contributed by atoms with Gasteiger partial charge < -0.3 is 4.90 Å². The Hall–Kier alpha value is -1.53. The van der Waals surface area contributed by atoms with Gasteiger partial charge in [-0.05, 0) is 38.0 Å². The SMILES string of the molecule is CCC(C)NC(C)(C#N)c1ccc(N(C)C)cc1. The topological polar surface area (TPSA) is 39.1 Å². The average Bonchev–Trinajstić information content (AvgIpc) is 2.38. The van der Waals surface area contributed by atoms with E-state index in [1.165, 1.54) is 0 Å². The lowest BCUT2D eigenvalue weighted by molar-refractivity contribution is 0.395. The highest BCUT2D eigenvalue weighted by Gasteiger charge is 2.27. The van der Waals surface area contributed by atoms with Crippen molar-refractivity contribution in [2.45, 2.75) is 38.8 Å². The molecule has 3 heteroatoms. The van der Waals surface area contributed by atoms with Crippen LogP contribution < -0.4 is 10.2 Å². The molecule has 0 saturated carbocycles. The molecule has 0 heterocycles. The van der Waals surface area contributed by atoms with Crippen LogP contribution in [0.1, 0.15) is 32.8 Å². The van der Waals surface area contributed by atoms with Gasteiger partial charge in [-0.2, -0.15) is 5.26 Å². The maximum absolute atomic E-state index is 9.44. The van der Waals surface area contributed by atoms with Crippen molar-refractivity contribution in [2.24, 2.45) is 0 Å². The summed E-state index contributed by atoms with van der Waals surface area (Å²) in [7, 11) is 4.02. The Bertz CT molecular complexity index is 416. The van der Waals surface area contributed by atoms with Crippen LogP contribution in [-0.2, 0) is 5.54 Å². The number of rotatable bonds is 5. The Balaban J connectivity index is 2.98. The highest BCUT2D eigenvalue weighted by molar-refractivity contribution is 5.48. The summed E-state index contributed by atoms with van der Waals surface area (Å²) in [5, 5.41) is 12.8. The summed E-state index contributed by atoms with van der Waals surface area (Å²) in [5.41, 5.74) is 1.53. The first kappa shape index (κ1) is 14.5. The van der Waals surface area contributed by atoms with Crippen molar-refractivity contribution >= 4 is 5.69 Å². The third-order valence-electron chi connectivity index (χ3n) is 3.33. The first-order valence-corrected chi connectivity index (χ1v) is 6.39. The Morgan fingerprint density at radius 3 is 2.28 bits per heavy atom. The summed E-state index contributed by atoms with van der Waals surface area (Å²) in [6.07, 6.45) is 1.01. The summed E-state index contributed by atoms with van der Waals surface area (Å²) in [5.74, 6) is 0. The fourth-order valence-corrected chi connectivity index (χ4v) is 1.87. The van der Waals surface area contributed by atoms with Gasteiger partial charge in [0, 0.05) is 25.8 Å². The molecular weight excluding hydrogens is 222 g/mol. The third-order valence-corrected chi connectivity index (χ3v) is 3.33. The molecule has 0 spiro atoms. The van der Waals surface area contributed by atoms with E-state index in [0.717, 1.165) is 17.7 Å². The molecule has 0 aliphatic heterocycles. The summed E-state index contributed by atoms with van der Waals surface area (Å²) >= 11 is 0. The summed E-state index contributed by atoms with van der Waals surface area (Å²) in [6, 6.07) is 10.8. The van der Waals surface area contributed by atoms with Gasteiger partial charge in [0.15, 0.2) is 0 Å². The van der Waals surface area contributed by atoms with E-state index in [1.54, 1.807) is 0 Å². The van der Waals surface area contributed by atoms with Gasteiger partial charge in [-0.3, -0.25) is 5.32 Å². The molecule has 2 atom stereocenters. The van der Waals surface area contributed by atoms with Crippen LogP contribution in [0.2, 0.25) is 0 Å². The van der Waals surface area contributed by atoms with E-state index in [9.17, 15) is 5.26 Å². The molecule has 98 valence electrons. The largest absolute Gasteiger partial charge is 0.378 e. The van der Waals surface area contributed by atoms with Gasteiger partial charge >= 0.3 is 0 Å². The molecule has 0 amide bonds. The summed E-state index contributed by atoms with van der Waals surface area (Å²) in [4.78, 5) is 2.05. The van der Waals surface area contributed by atoms with Crippen LogP contribution in [0, 0.1) is 11.3 Å². The zero-order chi connectivity index (χ0) is 13.8. The second kappa shape index (κ2) is 5.88. The van der Waals surface area contributed by atoms with Crippen LogP contribution in [0.15, 0.2) is 24.3 Å². The van der Waals surface area contributed by atoms with Crippen LogP contribution >= 0.6 is 0 Å². The molecule has 18 heavy (non-hydrogen) atoms. The van der Waals surface area contributed by atoms with E-state index >= 15 is 0 Å². The van der Waals surface area contributed by atoms with Gasteiger partial charge in [-0.25, -0.2) is 0 Å². The first-order chi connectivity index (χ1) is 8.42. The predicted octanol–water partition coefficient (Wildman–Crippen LogP) is 2.88. The minimum Gasteiger partial charge on any atom is -0.378 e. The highest BCUT2D eigenvalue weighted by atomic mass is 15.1. The van der Waals surface area contributed by atoms with Gasteiger partial charge in [0.2, 0.25) is 0 Å². The predicted molar refractivity (Wildman–Crippen MR) is 76.6 cm³/mol. The van der Waals surface area contributed by atoms with E-state index < -0.39 is 5.54 Å². The smallest absolute Gasteiger partial charge is 0.129 e. The fraction of sp³-hybridized carbons (Fsp3) is 0.533. The van der Waals surface area contributed by atoms with Crippen LogP contribution in [0.5, 0.6) is 0 Å². The van der Waals surface area contributed by atoms with Gasteiger partial charge in [0.1, 0.15) is 5.54 Å². The molecule has 3 nitrogen and oxygen atoms in total. The maximum Gasteiger partial charge on any atom is 0.129 e. The average molecular weight is 245 g/mol. The Labute approximate surface area is 110 Å². The number of nitriles is 1. The Morgan fingerprint density at radius 1 is 1.33 bits per heavy atom. The highest BCUT2D eigenvalue weighted by Crippen LogP contribution is 2.23. The van der Waals surface area contributed by atoms with Crippen molar-refractivity contribution in [2.75, 3.05) is 19.0 Å². The van der Waals surface area contributed by atoms with Crippen LogP contribution in [-0.4, -0.2) is 20.1 Å². The van der Waals surface area contributed by atoms with Crippen molar-refractivity contribution < 1.29 is 0 Å². The second-order valence-electron chi connectivity index (χ2n) is 5.13. The first-order valence-electron chi connectivity index (χ1n) is 6.39. The lowest BCUT2D eigenvalue weighted by atomic mass is 9.92. The maximum atomic E-state index is 9.44. The van der Waals surface area contributed by atoms with E-state index in [1.807, 2.05) is 45.3 Å². The zero-order valence-corrected chi connectivity index (χ0v) is 12.0. The molecular formula is C15H23N3. The van der Waals surface area contributed by atoms with Gasteiger partial charge in [-0.15, -0.1) is 0 Å². The minimum absolute atomic E-state index is 0.322. The minimum atomic E-state index is -0.625. The molecule has 0 aliphatic rings.